The fourth-order valence-corrected chi connectivity index (χ4v) is 2.96. The van der Waals surface area contributed by atoms with Gasteiger partial charge in [-0.3, -0.25) is 0 Å². The Kier molecular flexibility index (Phi) is 4.90. The number of ether oxygens (including phenoxy) is 2. The van der Waals surface area contributed by atoms with Gasteiger partial charge in [-0.15, -0.1) is 0 Å². The normalized spacial score (nSPS) is 16.5. The summed E-state index contributed by atoms with van der Waals surface area (Å²) >= 11 is 0. The average molecular weight is 304 g/mol. The lowest BCUT2D eigenvalue weighted by molar-refractivity contribution is 0.0257. The van der Waals surface area contributed by atoms with Crippen LogP contribution >= 0.6 is 0 Å². The van der Waals surface area contributed by atoms with Crippen LogP contribution in [0.2, 0.25) is 0 Å². The van der Waals surface area contributed by atoms with E-state index in [4.69, 9.17) is 9.47 Å². The minimum absolute atomic E-state index is 0.361. The summed E-state index contributed by atoms with van der Waals surface area (Å²) in [7, 11) is 1.73. The molecule has 0 atom stereocenters. The largest absolute Gasteiger partial charge is 0.385 e. The Morgan fingerprint density at radius 2 is 2.09 bits per heavy atom. The second kappa shape index (κ2) is 7.07. The molecule has 0 spiro atoms. The fraction of sp³-hybridized carbons (Fsp3) is 0.625. The molecule has 2 aromatic rings. The molecule has 6 heteroatoms. The quantitative estimate of drug-likeness (QED) is 0.765. The van der Waals surface area contributed by atoms with Crippen molar-refractivity contribution in [2.45, 2.75) is 32.3 Å². The predicted molar refractivity (Wildman–Crippen MR) is 85.4 cm³/mol. The lowest BCUT2D eigenvalue weighted by Crippen LogP contribution is -2.37. The molecule has 2 aromatic heterocycles. The molecule has 0 radical (unpaired) electrons. The number of aryl methyl sites for hydroxylation is 1. The second-order valence-electron chi connectivity index (χ2n) is 5.77. The number of piperidine rings is 1. The molecule has 1 saturated heterocycles. The van der Waals surface area contributed by atoms with Crippen LogP contribution in [0.5, 0.6) is 0 Å². The molecular formula is C16H24N4O2. The summed E-state index contributed by atoms with van der Waals surface area (Å²) in [6, 6.07) is 2.09. The molecule has 0 unspecified atom stereocenters. The van der Waals surface area contributed by atoms with Gasteiger partial charge in [0.25, 0.3) is 0 Å². The number of anilines is 1. The van der Waals surface area contributed by atoms with E-state index in [-0.39, 0.29) is 0 Å². The molecule has 6 nitrogen and oxygen atoms in total. The third-order valence-corrected chi connectivity index (χ3v) is 4.08. The zero-order valence-corrected chi connectivity index (χ0v) is 13.4. The molecule has 3 rings (SSSR count). The highest BCUT2D eigenvalue weighted by Crippen LogP contribution is 2.24. The Morgan fingerprint density at radius 1 is 1.27 bits per heavy atom. The van der Waals surface area contributed by atoms with E-state index in [1.165, 1.54) is 0 Å². The maximum Gasteiger partial charge on any atom is 0.154 e. The van der Waals surface area contributed by atoms with Crippen molar-refractivity contribution in [3.8, 4) is 0 Å². The number of aromatic nitrogens is 3. The van der Waals surface area contributed by atoms with E-state index in [1.807, 2.05) is 23.8 Å². The van der Waals surface area contributed by atoms with E-state index >= 15 is 0 Å². The first-order valence-corrected chi connectivity index (χ1v) is 7.94. The number of nitrogens with zero attached hydrogens (tertiary/aromatic N) is 4. The van der Waals surface area contributed by atoms with Crippen LogP contribution in [0.15, 0.2) is 18.5 Å². The first-order chi connectivity index (χ1) is 10.8. The van der Waals surface area contributed by atoms with Gasteiger partial charge in [-0.05, 0) is 32.3 Å². The van der Waals surface area contributed by atoms with Gasteiger partial charge in [-0.1, -0.05) is 0 Å². The van der Waals surface area contributed by atoms with Crippen LogP contribution in [0.1, 0.15) is 25.0 Å². The van der Waals surface area contributed by atoms with Gasteiger partial charge in [0.15, 0.2) is 5.82 Å². The summed E-state index contributed by atoms with van der Waals surface area (Å²) in [6.45, 7) is 5.52. The summed E-state index contributed by atoms with van der Waals surface area (Å²) in [5.41, 5.74) is 2.10. The highest BCUT2D eigenvalue weighted by Gasteiger charge is 2.22. The molecule has 0 aliphatic carbocycles. The topological polar surface area (TPSA) is 51.9 Å². The monoisotopic (exact) mass is 304 g/mol. The lowest BCUT2D eigenvalue weighted by Gasteiger charge is -2.32. The van der Waals surface area contributed by atoms with Gasteiger partial charge < -0.3 is 14.4 Å². The smallest absolute Gasteiger partial charge is 0.154 e. The molecular weight excluding hydrogens is 280 g/mol. The SMILES string of the molecule is COCCCOC1CCN(c2nccn3nc(C)cc23)CC1. The first-order valence-electron chi connectivity index (χ1n) is 7.94. The summed E-state index contributed by atoms with van der Waals surface area (Å²) in [5, 5.41) is 4.46. The molecule has 1 fully saturated rings. The van der Waals surface area contributed by atoms with Gasteiger partial charge in [0.05, 0.1) is 11.8 Å². The Labute approximate surface area is 131 Å². The standard InChI is InChI=1S/C16H24N4O2/c1-13-12-15-16(17-6-9-20(15)18-13)19-7-4-14(5-8-19)22-11-3-10-21-2/h6,9,12,14H,3-5,7-8,10-11H2,1-2H3. The van der Waals surface area contributed by atoms with Gasteiger partial charge in [0.2, 0.25) is 0 Å². The number of hydrogen-bond donors (Lipinski definition) is 0. The third kappa shape index (κ3) is 3.39. The predicted octanol–water partition coefficient (Wildman–Crippen LogP) is 2.06. The molecule has 22 heavy (non-hydrogen) atoms. The van der Waals surface area contributed by atoms with Crippen molar-refractivity contribution in [3.63, 3.8) is 0 Å². The van der Waals surface area contributed by atoms with Crippen LogP contribution in [0, 0.1) is 6.92 Å². The van der Waals surface area contributed by atoms with Crippen molar-refractivity contribution in [2.75, 3.05) is 38.3 Å². The van der Waals surface area contributed by atoms with E-state index in [0.717, 1.165) is 62.6 Å². The Morgan fingerprint density at radius 3 is 2.86 bits per heavy atom. The van der Waals surface area contributed by atoms with Gasteiger partial charge in [0, 0.05) is 45.8 Å². The molecule has 0 N–H and O–H groups in total. The number of methoxy groups -OCH3 is 1. The van der Waals surface area contributed by atoms with Crippen molar-refractivity contribution >= 4 is 11.3 Å². The maximum absolute atomic E-state index is 5.92. The zero-order valence-electron chi connectivity index (χ0n) is 13.4. The molecule has 0 aromatic carbocycles. The highest BCUT2D eigenvalue weighted by atomic mass is 16.5. The van der Waals surface area contributed by atoms with Crippen LogP contribution in [-0.4, -0.2) is 54.1 Å². The van der Waals surface area contributed by atoms with Crippen molar-refractivity contribution in [1.82, 2.24) is 14.6 Å². The van der Waals surface area contributed by atoms with Crippen LogP contribution < -0.4 is 4.90 Å². The van der Waals surface area contributed by atoms with Crippen molar-refractivity contribution in [1.29, 1.82) is 0 Å². The lowest BCUT2D eigenvalue weighted by atomic mass is 10.1. The summed E-state index contributed by atoms with van der Waals surface area (Å²) in [5.74, 6) is 1.03. The number of rotatable bonds is 6. The van der Waals surface area contributed by atoms with Crippen LogP contribution in [0.3, 0.4) is 0 Å². The van der Waals surface area contributed by atoms with E-state index in [1.54, 1.807) is 7.11 Å². The fourth-order valence-electron chi connectivity index (χ4n) is 2.96. The van der Waals surface area contributed by atoms with Gasteiger partial charge >= 0.3 is 0 Å². The Hall–Kier alpha value is -1.66. The molecule has 0 saturated carbocycles. The zero-order chi connectivity index (χ0) is 15.4. The van der Waals surface area contributed by atoms with E-state index in [0.29, 0.717) is 6.10 Å². The number of fused-ring (bicyclic) bond motifs is 1. The van der Waals surface area contributed by atoms with Crippen molar-refractivity contribution < 1.29 is 9.47 Å². The van der Waals surface area contributed by atoms with Crippen LogP contribution in [0.4, 0.5) is 5.82 Å². The Bertz CT molecular complexity index is 605. The molecule has 1 aliphatic rings. The molecule has 120 valence electrons. The van der Waals surface area contributed by atoms with Crippen LogP contribution in [-0.2, 0) is 9.47 Å². The van der Waals surface area contributed by atoms with E-state index < -0.39 is 0 Å². The molecule has 3 heterocycles. The van der Waals surface area contributed by atoms with Crippen LogP contribution in [0.25, 0.3) is 5.52 Å². The summed E-state index contributed by atoms with van der Waals surface area (Å²) < 4.78 is 12.9. The first kappa shape index (κ1) is 15.2. The second-order valence-corrected chi connectivity index (χ2v) is 5.77. The van der Waals surface area contributed by atoms with Gasteiger partial charge in [0.1, 0.15) is 5.52 Å². The molecule has 1 aliphatic heterocycles. The third-order valence-electron chi connectivity index (χ3n) is 4.08. The van der Waals surface area contributed by atoms with Gasteiger partial charge in [-0.25, -0.2) is 9.50 Å². The minimum atomic E-state index is 0.361. The summed E-state index contributed by atoms with van der Waals surface area (Å²) in [6.07, 6.45) is 7.14. The van der Waals surface area contributed by atoms with Crippen molar-refractivity contribution in [2.24, 2.45) is 0 Å². The molecule has 0 amide bonds. The number of hydrogen-bond acceptors (Lipinski definition) is 5. The minimum Gasteiger partial charge on any atom is -0.385 e. The molecule has 0 bridgehead atoms. The van der Waals surface area contributed by atoms with Gasteiger partial charge in [-0.2, -0.15) is 5.10 Å². The maximum atomic E-state index is 5.92. The highest BCUT2D eigenvalue weighted by molar-refractivity contribution is 5.69. The Balaban J connectivity index is 1.58. The van der Waals surface area contributed by atoms with E-state index in [2.05, 4.69) is 21.0 Å². The summed E-state index contributed by atoms with van der Waals surface area (Å²) in [4.78, 5) is 6.90. The van der Waals surface area contributed by atoms with Crippen molar-refractivity contribution in [3.05, 3.63) is 24.2 Å². The van der Waals surface area contributed by atoms with E-state index in [9.17, 15) is 0 Å². The average Bonchev–Trinajstić information content (AvgIpc) is 2.92.